The summed E-state index contributed by atoms with van der Waals surface area (Å²) < 4.78 is 11.1. The first kappa shape index (κ1) is 25.2. The number of fused-ring (bicyclic) bond motifs is 2. The first-order chi connectivity index (χ1) is 18.9. The number of amides is 2. The predicted octanol–water partition coefficient (Wildman–Crippen LogP) is 4.49. The first-order valence-electron chi connectivity index (χ1n) is 13.5. The van der Waals surface area contributed by atoms with Crippen molar-refractivity contribution in [2.75, 3.05) is 62.5 Å². The zero-order valence-electron chi connectivity index (χ0n) is 22.6. The average Bonchev–Trinajstić information content (AvgIpc) is 3.68. The van der Waals surface area contributed by atoms with E-state index in [9.17, 15) is 9.59 Å². The van der Waals surface area contributed by atoms with Gasteiger partial charge in [-0.15, -0.1) is 0 Å². The van der Waals surface area contributed by atoms with Crippen LogP contribution in [0, 0.1) is 0 Å². The molecule has 0 aliphatic carbocycles. The van der Waals surface area contributed by atoms with Crippen molar-refractivity contribution in [3.63, 3.8) is 0 Å². The summed E-state index contributed by atoms with van der Waals surface area (Å²) in [5, 5.41) is 3.32. The molecule has 1 N–H and O–H groups in total. The van der Waals surface area contributed by atoms with Crippen LogP contribution in [0.15, 0.2) is 47.2 Å². The maximum Gasteiger partial charge on any atom is 0.296 e. The number of likely N-dealkylation sites (tertiary alicyclic amines) is 2. The third kappa shape index (κ3) is 4.58. The number of piperidine rings is 1. The van der Waals surface area contributed by atoms with Crippen molar-refractivity contribution in [1.82, 2.24) is 14.8 Å². The fourth-order valence-corrected chi connectivity index (χ4v) is 5.94. The number of rotatable bonds is 5. The normalized spacial score (nSPS) is 18.1. The third-order valence-electron chi connectivity index (χ3n) is 8.21. The summed E-state index contributed by atoms with van der Waals surface area (Å²) in [7, 11) is 5.18. The number of hydrogen-bond acceptors (Lipinski definition) is 8. The van der Waals surface area contributed by atoms with Crippen molar-refractivity contribution in [3.8, 4) is 5.75 Å². The van der Waals surface area contributed by atoms with E-state index >= 15 is 0 Å². The van der Waals surface area contributed by atoms with Crippen LogP contribution in [0.2, 0.25) is 0 Å². The Kier molecular flexibility index (Phi) is 6.64. The maximum absolute atomic E-state index is 13.3. The van der Waals surface area contributed by atoms with E-state index in [0.717, 1.165) is 31.6 Å². The number of ether oxygens (including phenoxy) is 1. The van der Waals surface area contributed by atoms with Crippen molar-refractivity contribution in [2.45, 2.75) is 31.7 Å². The van der Waals surface area contributed by atoms with Gasteiger partial charge in [-0.05, 0) is 57.0 Å². The molecule has 2 amide bonds. The lowest BCUT2D eigenvalue weighted by atomic mass is 10.0. The number of aromatic nitrogens is 1. The molecular formula is C29H34N6O4. The van der Waals surface area contributed by atoms with Crippen molar-refractivity contribution in [1.29, 1.82) is 0 Å². The number of carbonyl (C=O) groups is 2. The van der Waals surface area contributed by atoms with Crippen LogP contribution in [0.1, 0.15) is 46.6 Å². The van der Waals surface area contributed by atoms with Crippen LogP contribution in [0.4, 0.5) is 28.6 Å². The minimum atomic E-state index is -0.231. The van der Waals surface area contributed by atoms with Crippen LogP contribution in [0.3, 0.4) is 0 Å². The van der Waals surface area contributed by atoms with Crippen molar-refractivity contribution in [3.05, 3.63) is 54.1 Å². The van der Waals surface area contributed by atoms with Gasteiger partial charge in [-0.2, -0.15) is 0 Å². The fourth-order valence-electron chi connectivity index (χ4n) is 5.94. The number of carbonyl (C=O) groups excluding carboxylic acids is 2. The Morgan fingerprint density at radius 1 is 1.00 bits per heavy atom. The van der Waals surface area contributed by atoms with Gasteiger partial charge in [0.15, 0.2) is 0 Å². The second-order valence-electron chi connectivity index (χ2n) is 10.4. The van der Waals surface area contributed by atoms with Crippen molar-refractivity contribution < 1.29 is 18.7 Å². The molecule has 39 heavy (non-hydrogen) atoms. The van der Waals surface area contributed by atoms with Gasteiger partial charge in [0.1, 0.15) is 11.6 Å². The number of furan rings is 1. The summed E-state index contributed by atoms with van der Waals surface area (Å²) in [6, 6.07) is 9.73. The van der Waals surface area contributed by atoms with E-state index in [1.807, 2.05) is 35.0 Å². The Morgan fingerprint density at radius 3 is 2.51 bits per heavy atom. The molecule has 2 aromatic heterocycles. The van der Waals surface area contributed by atoms with Gasteiger partial charge in [-0.1, -0.05) is 0 Å². The maximum atomic E-state index is 13.3. The molecule has 2 fully saturated rings. The van der Waals surface area contributed by atoms with E-state index in [1.165, 1.54) is 37.1 Å². The topological polar surface area (TPSA) is 94.4 Å². The molecule has 0 spiro atoms. The van der Waals surface area contributed by atoms with Gasteiger partial charge in [0.05, 0.1) is 42.3 Å². The second-order valence-corrected chi connectivity index (χ2v) is 10.4. The molecule has 3 aromatic rings. The van der Waals surface area contributed by atoms with Crippen LogP contribution < -0.4 is 19.9 Å². The van der Waals surface area contributed by atoms with E-state index in [-0.39, 0.29) is 17.6 Å². The van der Waals surface area contributed by atoms with Crippen LogP contribution in [-0.4, -0.2) is 80.0 Å². The van der Waals surface area contributed by atoms with Gasteiger partial charge in [0.2, 0.25) is 5.76 Å². The Balaban J connectivity index is 1.19. The first-order valence-corrected chi connectivity index (χ1v) is 13.5. The molecule has 0 radical (unpaired) electrons. The quantitative estimate of drug-likeness (QED) is 0.516. The van der Waals surface area contributed by atoms with E-state index in [2.05, 4.69) is 15.2 Å². The highest BCUT2D eigenvalue weighted by Gasteiger charge is 2.31. The Bertz CT molecular complexity index is 1390. The molecule has 3 aliphatic heterocycles. The van der Waals surface area contributed by atoms with Gasteiger partial charge in [-0.3, -0.25) is 9.59 Å². The zero-order valence-corrected chi connectivity index (χ0v) is 22.6. The number of hydrogen-bond donors (Lipinski definition) is 1. The van der Waals surface area contributed by atoms with Gasteiger partial charge < -0.3 is 34.1 Å². The molecule has 2 saturated heterocycles. The summed E-state index contributed by atoms with van der Waals surface area (Å²) in [5.41, 5.74) is 3.46. The molecule has 1 aromatic carbocycles. The fraction of sp³-hybridized carbons (Fsp3) is 0.414. The molecule has 6 rings (SSSR count). The number of nitrogens with one attached hydrogen (secondary N) is 1. The van der Waals surface area contributed by atoms with Crippen LogP contribution in [-0.2, 0) is 0 Å². The number of anilines is 5. The minimum absolute atomic E-state index is 0.0353. The number of pyridine rings is 1. The van der Waals surface area contributed by atoms with E-state index in [0.29, 0.717) is 40.2 Å². The molecule has 10 heteroatoms. The third-order valence-corrected chi connectivity index (χ3v) is 8.21. The van der Waals surface area contributed by atoms with Gasteiger partial charge in [0, 0.05) is 50.9 Å². The van der Waals surface area contributed by atoms with Crippen LogP contribution in [0.5, 0.6) is 5.75 Å². The van der Waals surface area contributed by atoms with Gasteiger partial charge in [-0.25, -0.2) is 4.98 Å². The Hall–Kier alpha value is -4.05. The summed E-state index contributed by atoms with van der Waals surface area (Å²) in [4.78, 5) is 38.7. The second kappa shape index (κ2) is 10.3. The van der Waals surface area contributed by atoms with Gasteiger partial charge in [0.25, 0.3) is 11.8 Å². The van der Waals surface area contributed by atoms with Crippen molar-refractivity contribution in [2.24, 2.45) is 0 Å². The van der Waals surface area contributed by atoms with Crippen LogP contribution >= 0.6 is 0 Å². The average molecular weight is 531 g/mol. The largest absolute Gasteiger partial charge is 0.495 e. The standard InChI is InChI=1S/C29H34N6O4/c1-32-22-10-15-39-27(22)29(37)33(2)24-18-30-26(17-23(24)32)31-21-7-6-19(16-25(21)38-3)28(36)35-13-8-20(9-14-35)34-11-4-5-12-34/h6-7,10,15-18,20H,4-5,8-9,11-14H2,1-3H3,(H,30,31). The highest BCUT2D eigenvalue weighted by molar-refractivity contribution is 6.11. The van der Waals surface area contributed by atoms with E-state index < -0.39 is 0 Å². The summed E-state index contributed by atoms with van der Waals surface area (Å²) in [6.07, 6.45) is 7.82. The SMILES string of the molecule is COc1cc(C(=O)N2CCC(N3CCCC3)CC2)ccc1Nc1cc2c(cn1)N(C)C(=O)c1occc1N2C. The number of methoxy groups -OCH3 is 1. The van der Waals surface area contributed by atoms with E-state index in [1.54, 1.807) is 32.5 Å². The lowest BCUT2D eigenvalue weighted by Gasteiger charge is -2.36. The summed E-state index contributed by atoms with van der Waals surface area (Å²) >= 11 is 0. The number of benzene rings is 1. The number of nitrogens with zero attached hydrogens (tertiary/aromatic N) is 5. The highest BCUT2D eigenvalue weighted by Crippen LogP contribution is 2.41. The minimum Gasteiger partial charge on any atom is -0.495 e. The van der Waals surface area contributed by atoms with Crippen LogP contribution in [0.25, 0.3) is 0 Å². The van der Waals surface area contributed by atoms with E-state index in [4.69, 9.17) is 9.15 Å². The Labute approximate surface area is 228 Å². The zero-order chi connectivity index (χ0) is 27.1. The molecular weight excluding hydrogens is 496 g/mol. The molecule has 0 saturated carbocycles. The summed E-state index contributed by atoms with van der Waals surface area (Å²) in [6.45, 7) is 3.95. The van der Waals surface area contributed by atoms with Gasteiger partial charge >= 0.3 is 0 Å². The lowest BCUT2D eigenvalue weighted by molar-refractivity contribution is 0.0644. The molecule has 3 aliphatic rings. The Morgan fingerprint density at radius 2 is 1.77 bits per heavy atom. The highest BCUT2D eigenvalue weighted by atomic mass is 16.5. The monoisotopic (exact) mass is 530 g/mol. The molecule has 0 bridgehead atoms. The molecule has 10 nitrogen and oxygen atoms in total. The lowest BCUT2D eigenvalue weighted by Crippen LogP contribution is -2.45. The van der Waals surface area contributed by atoms with Crippen molar-refractivity contribution >= 4 is 40.4 Å². The molecule has 204 valence electrons. The molecule has 5 heterocycles. The molecule has 0 atom stereocenters. The smallest absolute Gasteiger partial charge is 0.296 e. The molecule has 0 unspecified atom stereocenters. The summed E-state index contributed by atoms with van der Waals surface area (Å²) in [5.74, 6) is 1.23. The predicted molar refractivity (Wildman–Crippen MR) is 150 cm³/mol.